The number of nitrogens with zero attached hydrogens (tertiary/aromatic N) is 1. The maximum Gasteiger partial charge on any atom is 0.407 e. The Morgan fingerprint density at radius 2 is 1.97 bits per heavy atom. The number of benzene rings is 2. The number of fused-ring (bicyclic) bond motifs is 1. The highest BCUT2D eigenvalue weighted by Crippen LogP contribution is 2.54. The highest BCUT2D eigenvalue weighted by Gasteiger charge is 2.60. The molecule has 0 bridgehead atoms. The van der Waals surface area contributed by atoms with Crippen LogP contribution in [0.3, 0.4) is 0 Å². The molecule has 2 aliphatic rings. The van der Waals surface area contributed by atoms with Gasteiger partial charge in [0.2, 0.25) is 0 Å². The van der Waals surface area contributed by atoms with Crippen LogP contribution in [0, 0.1) is 0 Å². The topological polar surface area (TPSA) is 77.1 Å². The number of esters is 1. The number of amides is 1. The molecule has 1 N–H and O–H groups in total. The molecule has 4 rings (SSSR count). The minimum absolute atomic E-state index is 0.117. The second-order valence-electron chi connectivity index (χ2n) is 9.82. The number of rotatable bonds is 8. The van der Waals surface area contributed by atoms with Crippen molar-refractivity contribution in [3.63, 3.8) is 0 Å². The number of likely N-dealkylation sites (tertiary alicyclic amines) is 1. The van der Waals surface area contributed by atoms with Gasteiger partial charge >= 0.3 is 12.1 Å². The van der Waals surface area contributed by atoms with Crippen molar-refractivity contribution in [1.29, 1.82) is 0 Å². The van der Waals surface area contributed by atoms with Crippen molar-refractivity contribution in [2.45, 2.75) is 56.3 Å². The Morgan fingerprint density at radius 3 is 2.69 bits per heavy atom. The zero-order chi connectivity index (χ0) is 25.6. The first-order valence-corrected chi connectivity index (χ1v) is 12.5. The van der Waals surface area contributed by atoms with Crippen molar-refractivity contribution in [2.24, 2.45) is 0 Å². The molecule has 7 nitrogen and oxygen atoms in total. The van der Waals surface area contributed by atoms with Gasteiger partial charge in [-0.2, -0.15) is 0 Å². The molecule has 1 amide bonds. The zero-order valence-electron chi connectivity index (χ0n) is 21.2. The first-order chi connectivity index (χ1) is 17.4. The van der Waals surface area contributed by atoms with Crippen LogP contribution in [0.15, 0.2) is 67.3 Å². The molecule has 0 aromatic heterocycles. The van der Waals surface area contributed by atoms with Crippen LogP contribution in [0.5, 0.6) is 5.75 Å². The number of carbonyl (C=O) groups is 2. The lowest BCUT2D eigenvalue weighted by molar-refractivity contribution is -0.186. The van der Waals surface area contributed by atoms with E-state index < -0.39 is 17.1 Å². The smallest absolute Gasteiger partial charge is 0.407 e. The lowest BCUT2D eigenvalue weighted by Crippen LogP contribution is -2.68. The van der Waals surface area contributed by atoms with Gasteiger partial charge in [0.05, 0.1) is 7.11 Å². The fraction of sp³-hybridized carbons (Fsp3) is 0.448. The summed E-state index contributed by atoms with van der Waals surface area (Å²) in [5, 5.41) is 3.09. The molecule has 0 radical (unpaired) electrons. The highest BCUT2D eigenvalue weighted by molar-refractivity contribution is 5.68. The van der Waals surface area contributed by atoms with E-state index in [2.05, 4.69) is 22.9 Å². The monoisotopic (exact) mass is 492 g/mol. The minimum atomic E-state index is -0.724. The summed E-state index contributed by atoms with van der Waals surface area (Å²) in [7, 11) is 1.65. The van der Waals surface area contributed by atoms with Gasteiger partial charge in [0.25, 0.3) is 0 Å². The van der Waals surface area contributed by atoms with E-state index in [1.807, 2.05) is 54.6 Å². The van der Waals surface area contributed by atoms with Gasteiger partial charge in [-0.05, 0) is 55.5 Å². The molecule has 1 saturated carbocycles. The van der Waals surface area contributed by atoms with Gasteiger partial charge in [-0.15, -0.1) is 6.58 Å². The average molecular weight is 493 g/mol. The van der Waals surface area contributed by atoms with Gasteiger partial charge < -0.3 is 19.5 Å². The van der Waals surface area contributed by atoms with Gasteiger partial charge in [0.1, 0.15) is 18.0 Å². The third kappa shape index (κ3) is 5.41. The summed E-state index contributed by atoms with van der Waals surface area (Å²) < 4.78 is 17.3. The predicted molar refractivity (Wildman–Crippen MR) is 138 cm³/mol. The Hall–Kier alpha value is -3.32. The maximum absolute atomic E-state index is 12.7. The molecule has 1 aliphatic heterocycles. The second kappa shape index (κ2) is 11.2. The number of nitrogens with one attached hydrogen (secondary N) is 1. The minimum Gasteiger partial charge on any atom is -0.497 e. The van der Waals surface area contributed by atoms with Gasteiger partial charge in [-0.1, -0.05) is 48.5 Å². The SMILES string of the molecule is C=CCN1CC[C@@]2(c3cccc(OC)c3)C[C@H](NC(=O)OCc3ccccc3)CC[C@]2(OC(C)=O)C1. The van der Waals surface area contributed by atoms with Crippen LogP contribution in [0.25, 0.3) is 0 Å². The molecule has 3 atom stereocenters. The van der Waals surface area contributed by atoms with Gasteiger partial charge in [0.15, 0.2) is 0 Å². The zero-order valence-corrected chi connectivity index (χ0v) is 21.2. The molecular formula is C29H36N2O5. The fourth-order valence-electron chi connectivity index (χ4n) is 6.00. The van der Waals surface area contributed by atoms with Crippen LogP contribution in [0.2, 0.25) is 0 Å². The molecule has 2 aromatic carbocycles. The third-order valence-corrected chi connectivity index (χ3v) is 7.58. The molecule has 1 aliphatic carbocycles. The van der Waals surface area contributed by atoms with Crippen LogP contribution in [-0.4, -0.2) is 55.3 Å². The van der Waals surface area contributed by atoms with Crippen molar-refractivity contribution in [2.75, 3.05) is 26.7 Å². The van der Waals surface area contributed by atoms with E-state index in [-0.39, 0.29) is 18.6 Å². The third-order valence-electron chi connectivity index (χ3n) is 7.58. The molecule has 192 valence electrons. The summed E-state index contributed by atoms with van der Waals surface area (Å²) >= 11 is 0. The Bertz CT molecular complexity index is 1070. The van der Waals surface area contributed by atoms with Gasteiger partial charge in [-0.25, -0.2) is 4.79 Å². The summed E-state index contributed by atoms with van der Waals surface area (Å²) in [6.45, 7) is 7.76. The first kappa shape index (κ1) is 25.8. The molecule has 2 aromatic rings. The molecule has 0 unspecified atom stereocenters. The number of alkyl carbamates (subject to hydrolysis) is 1. The predicted octanol–water partition coefficient (Wildman–Crippen LogP) is 4.61. The van der Waals surface area contributed by atoms with E-state index in [0.717, 1.165) is 36.4 Å². The normalized spacial score (nSPS) is 25.8. The van der Waals surface area contributed by atoms with E-state index in [4.69, 9.17) is 14.2 Å². The summed E-state index contributed by atoms with van der Waals surface area (Å²) in [6, 6.07) is 17.5. The molecular weight excluding hydrogens is 456 g/mol. The number of methoxy groups -OCH3 is 1. The molecule has 2 fully saturated rings. The summed E-state index contributed by atoms with van der Waals surface area (Å²) in [5.74, 6) is 0.459. The number of carbonyl (C=O) groups excluding carboxylic acids is 2. The number of hydrogen-bond donors (Lipinski definition) is 1. The van der Waals surface area contributed by atoms with Crippen molar-refractivity contribution in [1.82, 2.24) is 10.2 Å². The summed E-state index contributed by atoms with van der Waals surface area (Å²) in [4.78, 5) is 27.4. The second-order valence-corrected chi connectivity index (χ2v) is 9.82. The van der Waals surface area contributed by atoms with Crippen molar-refractivity contribution >= 4 is 12.1 Å². The quantitative estimate of drug-likeness (QED) is 0.429. The van der Waals surface area contributed by atoms with E-state index in [1.54, 1.807) is 7.11 Å². The molecule has 0 spiro atoms. The summed E-state index contributed by atoms with van der Waals surface area (Å²) in [6.07, 6.45) is 4.17. The first-order valence-electron chi connectivity index (χ1n) is 12.5. The van der Waals surface area contributed by atoms with E-state index in [1.165, 1.54) is 6.92 Å². The van der Waals surface area contributed by atoms with Crippen LogP contribution in [0.1, 0.15) is 43.7 Å². The van der Waals surface area contributed by atoms with Crippen LogP contribution in [0.4, 0.5) is 4.79 Å². The van der Waals surface area contributed by atoms with E-state index >= 15 is 0 Å². The summed E-state index contributed by atoms with van der Waals surface area (Å²) in [5.41, 5.74) is 0.789. The average Bonchev–Trinajstić information content (AvgIpc) is 2.88. The van der Waals surface area contributed by atoms with Gasteiger partial charge in [-0.3, -0.25) is 9.69 Å². The molecule has 36 heavy (non-hydrogen) atoms. The largest absolute Gasteiger partial charge is 0.497 e. The van der Waals surface area contributed by atoms with Crippen LogP contribution >= 0.6 is 0 Å². The van der Waals surface area contributed by atoms with Crippen molar-refractivity contribution < 1.29 is 23.8 Å². The van der Waals surface area contributed by atoms with Crippen molar-refractivity contribution in [3.05, 3.63) is 78.4 Å². The van der Waals surface area contributed by atoms with Crippen LogP contribution in [-0.2, 0) is 26.3 Å². The fourth-order valence-corrected chi connectivity index (χ4v) is 6.00. The Labute approximate surface area is 213 Å². The van der Waals surface area contributed by atoms with Gasteiger partial charge in [0, 0.05) is 31.5 Å². The highest BCUT2D eigenvalue weighted by atomic mass is 16.6. The van der Waals surface area contributed by atoms with Crippen LogP contribution < -0.4 is 10.1 Å². The van der Waals surface area contributed by atoms with E-state index in [9.17, 15) is 9.59 Å². The van der Waals surface area contributed by atoms with E-state index in [0.29, 0.717) is 25.8 Å². The number of piperidine rings is 1. The lowest BCUT2D eigenvalue weighted by atomic mass is 9.55. The lowest BCUT2D eigenvalue weighted by Gasteiger charge is -2.59. The number of hydrogen-bond acceptors (Lipinski definition) is 6. The molecule has 1 heterocycles. The van der Waals surface area contributed by atoms with Crippen molar-refractivity contribution in [3.8, 4) is 5.75 Å². The molecule has 7 heteroatoms. The Morgan fingerprint density at radius 1 is 1.17 bits per heavy atom. The number of ether oxygens (including phenoxy) is 3. The Balaban J connectivity index is 1.62. The molecule has 1 saturated heterocycles. The maximum atomic E-state index is 12.7. The Kier molecular flexibility index (Phi) is 7.99. The standard InChI is InChI=1S/C29H36N2O5/c1-4-16-31-17-15-28(24-11-8-12-26(18-24)34-3)19-25(13-14-29(28,21-31)36-22(2)32)30-27(33)35-20-23-9-6-5-7-10-23/h4-12,18,25H,1,13-17,19-21H2,2-3H3,(H,30,33)/t25-,28+,29+/m1/s1.